The molecule has 134 valence electrons. The largest absolute Gasteiger partial charge is 0.507 e. The molecule has 1 atom stereocenters. The number of rotatable bonds is 5. The number of hydrogen-bond acceptors (Lipinski definition) is 5. The average Bonchev–Trinajstić information content (AvgIpc) is 2.61. The Morgan fingerprint density at radius 2 is 1.88 bits per heavy atom. The minimum absolute atomic E-state index is 0.00940. The normalized spacial score (nSPS) is 12.1. The first-order valence-corrected chi connectivity index (χ1v) is 8.55. The molecule has 1 aromatic heterocycles. The monoisotopic (exact) mass is 372 g/mol. The third-order valence-electron chi connectivity index (χ3n) is 4.13. The first kappa shape index (κ1) is 18.0. The summed E-state index contributed by atoms with van der Waals surface area (Å²) < 4.78 is 10.4. The van der Waals surface area contributed by atoms with Crippen molar-refractivity contribution in [3.05, 3.63) is 75.1 Å². The number of aromatic hydroxyl groups is 1. The van der Waals surface area contributed by atoms with E-state index in [1.165, 1.54) is 0 Å². The van der Waals surface area contributed by atoms with Gasteiger partial charge in [0.1, 0.15) is 11.3 Å². The molecule has 0 aliphatic carbocycles. The van der Waals surface area contributed by atoms with Crippen molar-refractivity contribution in [2.24, 2.45) is 0 Å². The maximum atomic E-state index is 12.6. The summed E-state index contributed by atoms with van der Waals surface area (Å²) in [7, 11) is 0. The molecule has 3 rings (SSSR count). The summed E-state index contributed by atoms with van der Waals surface area (Å²) in [5, 5.41) is 11.5. The van der Waals surface area contributed by atoms with Gasteiger partial charge in [-0.3, -0.25) is 4.79 Å². The van der Waals surface area contributed by atoms with Crippen molar-refractivity contribution in [3.8, 4) is 5.75 Å². The van der Waals surface area contributed by atoms with Crippen molar-refractivity contribution in [3.63, 3.8) is 0 Å². The number of halogens is 1. The number of ether oxygens (including phenoxy) is 1. The maximum Gasteiger partial charge on any atom is 0.343 e. The number of esters is 1. The van der Waals surface area contributed by atoms with Gasteiger partial charge in [0.2, 0.25) is 0 Å². The van der Waals surface area contributed by atoms with Crippen LogP contribution in [-0.4, -0.2) is 17.7 Å². The minimum Gasteiger partial charge on any atom is -0.507 e. The molecule has 0 aliphatic heterocycles. The van der Waals surface area contributed by atoms with Crippen LogP contribution in [0, 0.1) is 0 Å². The summed E-state index contributed by atoms with van der Waals surface area (Å²) in [5.41, 5.74) is 0.0909. The van der Waals surface area contributed by atoms with Gasteiger partial charge in [0.05, 0.1) is 24.0 Å². The predicted molar refractivity (Wildman–Crippen MR) is 98.7 cm³/mol. The van der Waals surface area contributed by atoms with E-state index in [4.69, 9.17) is 20.8 Å². The van der Waals surface area contributed by atoms with E-state index in [1.807, 2.05) is 0 Å². The summed E-state index contributed by atoms with van der Waals surface area (Å²) in [6, 6.07) is 13.5. The van der Waals surface area contributed by atoms with E-state index in [-0.39, 0.29) is 29.9 Å². The van der Waals surface area contributed by atoms with Gasteiger partial charge in [0.15, 0.2) is 0 Å². The van der Waals surface area contributed by atoms with Gasteiger partial charge in [-0.25, -0.2) is 4.79 Å². The molecular weight excluding hydrogens is 356 g/mol. The zero-order valence-electron chi connectivity index (χ0n) is 14.1. The first-order chi connectivity index (χ1) is 12.5. The topological polar surface area (TPSA) is 76.7 Å². The van der Waals surface area contributed by atoms with E-state index in [9.17, 15) is 14.7 Å². The van der Waals surface area contributed by atoms with Gasteiger partial charge in [0.25, 0.3) is 0 Å². The number of para-hydroxylation sites is 1. The highest BCUT2D eigenvalue weighted by Crippen LogP contribution is 2.38. The third-order valence-corrected chi connectivity index (χ3v) is 4.47. The van der Waals surface area contributed by atoms with Crippen LogP contribution in [0.4, 0.5) is 0 Å². The Kier molecular flexibility index (Phi) is 5.28. The number of fused-ring (bicyclic) bond motifs is 1. The molecule has 0 spiro atoms. The van der Waals surface area contributed by atoms with Crippen LogP contribution < -0.4 is 5.63 Å². The molecule has 1 heterocycles. The van der Waals surface area contributed by atoms with Gasteiger partial charge in [-0.2, -0.15) is 0 Å². The Morgan fingerprint density at radius 3 is 2.62 bits per heavy atom. The molecule has 6 heteroatoms. The number of hydrogen-bond donors (Lipinski definition) is 1. The average molecular weight is 373 g/mol. The van der Waals surface area contributed by atoms with Crippen molar-refractivity contribution < 1.29 is 19.1 Å². The van der Waals surface area contributed by atoms with Gasteiger partial charge in [-0.1, -0.05) is 41.9 Å². The van der Waals surface area contributed by atoms with Crippen molar-refractivity contribution in [2.75, 3.05) is 6.61 Å². The molecule has 2 aromatic carbocycles. The van der Waals surface area contributed by atoms with Gasteiger partial charge >= 0.3 is 11.6 Å². The second-order valence-corrected chi connectivity index (χ2v) is 6.14. The van der Waals surface area contributed by atoms with E-state index < -0.39 is 17.5 Å². The van der Waals surface area contributed by atoms with Crippen molar-refractivity contribution >= 4 is 28.5 Å². The summed E-state index contributed by atoms with van der Waals surface area (Å²) in [5.74, 6) is -1.50. The van der Waals surface area contributed by atoms with Crippen LogP contribution in [0.15, 0.2) is 57.7 Å². The Hall–Kier alpha value is -2.79. The molecular formula is C20H17ClO5. The molecule has 0 fully saturated rings. The standard InChI is InChI=1S/C20H17ClO5/c1-2-25-17(22)11-14(12-7-3-5-9-15(12)21)18-19(23)13-8-4-6-10-16(13)26-20(18)24/h3-10,14,23H,2,11H2,1H3. The summed E-state index contributed by atoms with van der Waals surface area (Å²) in [6.45, 7) is 1.91. The lowest BCUT2D eigenvalue weighted by Gasteiger charge is -2.19. The SMILES string of the molecule is CCOC(=O)CC(c1ccccc1Cl)c1c(O)c2ccccc2oc1=O. The molecule has 3 aromatic rings. The Bertz CT molecular complexity index is 1010. The van der Waals surface area contributed by atoms with Crippen LogP contribution in [0.3, 0.4) is 0 Å². The fourth-order valence-electron chi connectivity index (χ4n) is 2.97. The van der Waals surface area contributed by atoms with Crippen LogP contribution in [-0.2, 0) is 9.53 Å². The summed E-state index contributed by atoms with van der Waals surface area (Å²) in [6.07, 6.45) is -0.145. The van der Waals surface area contributed by atoms with Crippen LogP contribution in [0.5, 0.6) is 5.75 Å². The van der Waals surface area contributed by atoms with Crippen molar-refractivity contribution in [1.29, 1.82) is 0 Å². The van der Waals surface area contributed by atoms with E-state index >= 15 is 0 Å². The lowest BCUT2D eigenvalue weighted by atomic mass is 9.88. The number of benzene rings is 2. The molecule has 0 saturated heterocycles. The Morgan fingerprint density at radius 1 is 1.19 bits per heavy atom. The van der Waals surface area contributed by atoms with Crippen LogP contribution in [0.2, 0.25) is 5.02 Å². The maximum absolute atomic E-state index is 12.6. The van der Waals surface area contributed by atoms with Crippen LogP contribution in [0.25, 0.3) is 11.0 Å². The van der Waals surface area contributed by atoms with Crippen molar-refractivity contribution in [1.82, 2.24) is 0 Å². The van der Waals surface area contributed by atoms with Crippen LogP contribution >= 0.6 is 11.6 Å². The first-order valence-electron chi connectivity index (χ1n) is 8.17. The van der Waals surface area contributed by atoms with Gasteiger partial charge < -0.3 is 14.3 Å². The molecule has 0 bridgehead atoms. The molecule has 0 aliphatic rings. The Balaban J connectivity index is 2.22. The smallest absolute Gasteiger partial charge is 0.343 e. The highest BCUT2D eigenvalue weighted by Gasteiger charge is 2.28. The molecule has 1 N–H and O–H groups in total. The van der Waals surface area contributed by atoms with Crippen molar-refractivity contribution in [2.45, 2.75) is 19.3 Å². The zero-order chi connectivity index (χ0) is 18.7. The fraction of sp³-hybridized carbons (Fsp3) is 0.200. The van der Waals surface area contributed by atoms with Gasteiger partial charge in [0, 0.05) is 10.9 Å². The predicted octanol–water partition coefficient (Wildman–Crippen LogP) is 4.24. The third kappa shape index (κ3) is 3.44. The van der Waals surface area contributed by atoms with E-state index in [1.54, 1.807) is 55.5 Å². The minimum atomic E-state index is -0.788. The lowest BCUT2D eigenvalue weighted by Crippen LogP contribution is -2.19. The lowest BCUT2D eigenvalue weighted by molar-refractivity contribution is -0.143. The highest BCUT2D eigenvalue weighted by atomic mass is 35.5. The van der Waals surface area contributed by atoms with E-state index in [0.29, 0.717) is 16.0 Å². The quantitative estimate of drug-likeness (QED) is 0.535. The number of carbonyl (C=O) groups is 1. The van der Waals surface area contributed by atoms with Gasteiger partial charge in [-0.05, 0) is 30.7 Å². The summed E-state index contributed by atoms with van der Waals surface area (Å²) in [4.78, 5) is 24.7. The number of carbonyl (C=O) groups excluding carboxylic acids is 1. The highest BCUT2D eigenvalue weighted by molar-refractivity contribution is 6.31. The van der Waals surface area contributed by atoms with Gasteiger partial charge in [-0.15, -0.1) is 0 Å². The molecule has 0 radical (unpaired) electrons. The summed E-state index contributed by atoms with van der Waals surface area (Å²) >= 11 is 6.29. The molecule has 5 nitrogen and oxygen atoms in total. The second kappa shape index (κ2) is 7.62. The van der Waals surface area contributed by atoms with E-state index in [0.717, 1.165) is 0 Å². The van der Waals surface area contributed by atoms with E-state index in [2.05, 4.69) is 0 Å². The Labute approximate surface area is 154 Å². The molecule has 0 saturated carbocycles. The van der Waals surface area contributed by atoms with Crippen LogP contribution in [0.1, 0.15) is 30.4 Å². The molecule has 26 heavy (non-hydrogen) atoms. The second-order valence-electron chi connectivity index (χ2n) is 5.73. The molecule has 1 unspecified atom stereocenters. The zero-order valence-corrected chi connectivity index (χ0v) is 14.8. The molecule has 0 amide bonds. The fourth-order valence-corrected chi connectivity index (χ4v) is 3.23.